The predicted molar refractivity (Wildman–Crippen MR) is 67.8 cm³/mol. The van der Waals surface area contributed by atoms with Gasteiger partial charge in [-0.2, -0.15) is 0 Å². The van der Waals surface area contributed by atoms with Gasteiger partial charge < -0.3 is 15.7 Å². The average Bonchev–Trinajstić information content (AvgIpc) is 2.37. The van der Waals surface area contributed by atoms with E-state index in [-0.39, 0.29) is 36.7 Å². The minimum Gasteiger partial charge on any atom is -0.395 e. The van der Waals surface area contributed by atoms with E-state index in [1.165, 1.54) is 6.07 Å². The van der Waals surface area contributed by atoms with Gasteiger partial charge in [0, 0.05) is 18.2 Å². The summed E-state index contributed by atoms with van der Waals surface area (Å²) < 4.78 is 13.5. The number of rotatable bonds is 6. The largest absolute Gasteiger partial charge is 0.395 e. The Morgan fingerprint density at radius 3 is 2.94 bits per heavy atom. The molecule has 18 heavy (non-hydrogen) atoms. The van der Waals surface area contributed by atoms with Crippen LogP contribution in [0.25, 0.3) is 0 Å². The lowest BCUT2D eigenvalue weighted by molar-refractivity contribution is -0.120. The Bertz CT molecular complexity index is 415. The van der Waals surface area contributed by atoms with E-state index in [1.807, 2.05) is 0 Å². The Labute approximate surface area is 110 Å². The normalized spacial score (nSPS) is 12.2. The molecule has 0 saturated heterocycles. The summed E-state index contributed by atoms with van der Waals surface area (Å²) in [5.41, 5.74) is 0.339. The first-order valence-corrected chi connectivity index (χ1v) is 5.96. The molecular weight excluding hydrogens is 259 g/mol. The topological polar surface area (TPSA) is 61.4 Å². The van der Waals surface area contributed by atoms with E-state index in [2.05, 4.69) is 10.6 Å². The van der Waals surface area contributed by atoms with Gasteiger partial charge in [0.2, 0.25) is 5.91 Å². The van der Waals surface area contributed by atoms with E-state index in [1.54, 1.807) is 19.1 Å². The smallest absolute Gasteiger partial charge is 0.234 e. The molecule has 100 valence electrons. The molecule has 0 spiro atoms. The molecule has 1 rings (SSSR count). The molecule has 0 fully saturated rings. The summed E-state index contributed by atoms with van der Waals surface area (Å²) in [6.07, 6.45) is 0. The van der Waals surface area contributed by atoms with Crippen molar-refractivity contribution < 1.29 is 14.3 Å². The maximum atomic E-state index is 13.5. The highest BCUT2D eigenvalue weighted by molar-refractivity contribution is 6.30. The highest BCUT2D eigenvalue weighted by Gasteiger charge is 2.08. The van der Waals surface area contributed by atoms with Gasteiger partial charge >= 0.3 is 0 Å². The molecule has 0 bridgehead atoms. The van der Waals surface area contributed by atoms with Crippen LogP contribution in [0.4, 0.5) is 4.39 Å². The first kappa shape index (κ1) is 14.9. The van der Waals surface area contributed by atoms with Crippen LogP contribution in [0.1, 0.15) is 12.5 Å². The summed E-state index contributed by atoms with van der Waals surface area (Å²) in [5.74, 6) is -0.786. The maximum Gasteiger partial charge on any atom is 0.234 e. The Kier molecular flexibility index (Phi) is 6.04. The third-order valence-corrected chi connectivity index (χ3v) is 2.68. The van der Waals surface area contributed by atoms with Crippen LogP contribution in [0.5, 0.6) is 0 Å². The van der Waals surface area contributed by atoms with Crippen molar-refractivity contribution in [1.29, 1.82) is 0 Å². The van der Waals surface area contributed by atoms with E-state index in [0.717, 1.165) is 0 Å². The number of hydrogen-bond acceptors (Lipinski definition) is 3. The molecule has 3 N–H and O–H groups in total. The molecule has 4 nitrogen and oxygen atoms in total. The highest BCUT2D eigenvalue weighted by atomic mass is 35.5. The van der Waals surface area contributed by atoms with Gasteiger partial charge in [0.15, 0.2) is 0 Å². The third kappa shape index (κ3) is 4.60. The molecule has 0 aliphatic heterocycles. The first-order valence-electron chi connectivity index (χ1n) is 5.58. The van der Waals surface area contributed by atoms with E-state index in [4.69, 9.17) is 16.7 Å². The zero-order chi connectivity index (χ0) is 13.5. The van der Waals surface area contributed by atoms with Gasteiger partial charge in [-0.15, -0.1) is 0 Å². The third-order valence-electron chi connectivity index (χ3n) is 2.39. The lowest BCUT2D eigenvalue weighted by Gasteiger charge is -2.11. The molecule has 0 aromatic heterocycles. The van der Waals surface area contributed by atoms with Gasteiger partial charge in [0.25, 0.3) is 0 Å². The van der Waals surface area contributed by atoms with Gasteiger partial charge in [-0.05, 0) is 13.0 Å². The van der Waals surface area contributed by atoms with Gasteiger partial charge in [-0.1, -0.05) is 23.7 Å². The fourth-order valence-corrected chi connectivity index (χ4v) is 1.47. The summed E-state index contributed by atoms with van der Waals surface area (Å²) in [6.45, 7) is 1.87. The van der Waals surface area contributed by atoms with Gasteiger partial charge in [0.1, 0.15) is 5.82 Å². The molecule has 1 unspecified atom stereocenters. The molecule has 0 heterocycles. The molecule has 1 atom stereocenters. The van der Waals surface area contributed by atoms with Crippen molar-refractivity contribution in [3.63, 3.8) is 0 Å². The SMILES string of the molecule is CC(CO)NCC(=O)NCc1cccc(Cl)c1F. The van der Waals surface area contributed by atoms with E-state index in [0.29, 0.717) is 5.56 Å². The van der Waals surface area contributed by atoms with Gasteiger partial charge in [-0.25, -0.2) is 4.39 Å². The number of carbonyl (C=O) groups is 1. The molecule has 1 aromatic rings. The molecule has 1 amide bonds. The fraction of sp³-hybridized carbons (Fsp3) is 0.417. The van der Waals surface area contributed by atoms with Crippen molar-refractivity contribution in [3.8, 4) is 0 Å². The predicted octanol–water partition coefficient (Wildman–Crippen LogP) is 1.07. The van der Waals surface area contributed by atoms with Gasteiger partial charge in [-0.3, -0.25) is 4.79 Å². The molecule has 0 aliphatic rings. The van der Waals surface area contributed by atoms with E-state index < -0.39 is 5.82 Å². The minimum atomic E-state index is -0.517. The second-order valence-electron chi connectivity index (χ2n) is 3.95. The molecule has 6 heteroatoms. The quantitative estimate of drug-likeness (QED) is 0.727. The minimum absolute atomic E-state index is 0.0359. The molecular formula is C12H16ClFN2O2. The molecule has 1 aromatic carbocycles. The summed E-state index contributed by atoms with van der Waals surface area (Å²) in [4.78, 5) is 11.4. The van der Waals surface area contributed by atoms with Crippen molar-refractivity contribution in [2.45, 2.75) is 19.5 Å². The molecule has 0 aliphatic carbocycles. The van der Waals surface area contributed by atoms with Crippen LogP contribution < -0.4 is 10.6 Å². The van der Waals surface area contributed by atoms with Crippen LogP contribution in [-0.4, -0.2) is 30.2 Å². The van der Waals surface area contributed by atoms with Crippen LogP contribution in [0.2, 0.25) is 5.02 Å². The number of nitrogens with one attached hydrogen (secondary N) is 2. The molecule has 0 saturated carbocycles. The second-order valence-corrected chi connectivity index (χ2v) is 4.36. The lowest BCUT2D eigenvalue weighted by atomic mass is 10.2. The van der Waals surface area contributed by atoms with Crippen LogP contribution >= 0.6 is 11.6 Å². The van der Waals surface area contributed by atoms with Crippen LogP contribution in [0.15, 0.2) is 18.2 Å². The zero-order valence-electron chi connectivity index (χ0n) is 10.0. The van der Waals surface area contributed by atoms with Crippen molar-refractivity contribution in [1.82, 2.24) is 10.6 Å². The summed E-state index contributed by atoms with van der Waals surface area (Å²) in [5, 5.41) is 14.2. The number of aliphatic hydroxyl groups excluding tert-OH is 1. The van der Waals surface area contributed by atoms with Crippen molar-refractivity contribution in [2.24, 2.45) is 0 Å². The Hall–Kier alpha value is -1.17. The standard InChI is InChI=1S/C12H16ClFN2O2/c1-8(7-17)15-6-11(18)16-5-9-3-2-4-10(13)12(9)14/h2-4,8,15,17H,5-7H2,1H3,(H,16,18). The van der Waals surface area contributed by atoms with Crippen LogP contribution in [0.3, 0.4) is 0 Å². The van der Waals surface area contributed by atoms with Crippen molar-refractivity contribution in [2.75, 3.05) is 13.2 Å². The zero-order valence-corrected chi connectivity index (χ0v) is 10.8. The number of amides is 1. The number of carbonyl (C=O) groups excluding carboxylic acids is 1. The highest BCUT2D eigenvalue weighted by Crippen LogP contribution is 2.17. The Morgan fingerprint density at radius 2 is 2.28 bits per heavy atom. The summed E-state index contributed by atoms with van der Waals surface area (Å²) in [6, 6.07) is 4.48. The fourth-order valence-electron chi connectivity index (χ4n) is 1.27. The maximum absolute atomic E-state index is 13.5. The average molecular weight is 275 g/mol. The lowest BCUT2D eigenvalue weighted by Crippen LogP contribution is -2.39. The number of halogens is 2. The number of aliphatic hydroxyl groups is 1. The molecule has 0 radical (unpaired) electrons. The van der Waals surface area contributed by atoms with E-state index >= 15 is 0 Å². The van der Waals surface area contributed by atoms with Crippen LogP contribution in [-0.2, 0) is 11.3 Å². The van der Waals surface area contributed by atoms with Crippen molar-refractivity contribution in [3.05, 3.63) is 34.6 Å². The Morgan fingerprint density at radius 1 is 1.56 bits per heavy atom. The monoisotopic (exact) mass is 274 g/mol. The number of benzene rings is 1. The van der Waals surface area contributed by atoms with Gasteiger partial charge in [0.05, 0.1) is 18.2 Å². The summed E-state index contributed by atoms with van der Waals surface area (Å²) >= 11 is 5.62. The Balaban J connectivity index is 2.41. The summed E-state index contributed by atoms with van der Waals surface area (Å²) in [7, 11) is 0. The number of hydrogen-bond donors (Lipinski definition) is 3. The second kappa shape index (κ2) is 7.31. The first-order chi connectivity index (χ1) is 8.54. The van der Waals surface area contributed by atoms with Crippen molar-refractivity contribution >= 4 is 17.5 Å². The van der Waals surface area contributed by atoms with Crippen LogP contribution in [0, 0.1) is 5.82 Å². The van der Waals surface area contributed by atoms with E-state index in [9.17, 15) is 9.18 Å².